The lowest BCUT2D eigenvalue weighted by atomic mass is 9.97. The summed E-state index contributed by atoms with van der Waals surface area (Å²) in [7, 11) is 0. The van der Waals surface area contributed by atoms with Gasteiger partial charge in [0.25, 0.3) is 0 Å². The van der Waals surface area contributed by atoms with Crippen LogP contribution >= 0.6 is 0 Å². The highest BCUT2D eigenvalue weighted by Gasteiger charge is 2.43. The highest BCUT2D eigenvalue weighted by Crippen LogP contribution is 2.39. The van der Waals surface area contributed by atoms with Crippen LogP contribution in [0.1, 0.15) is 56.6 Å². The lowest BCUT2D eigenvalue weighted by Gasteiger charge is -2.33. The molecular formula is C21H29N3O2. The molecule has 2 amide bonds. The second-order valence-corrected chi connectivity index (χ2v) is 7.91. The van der Waals surface area contributed by atoms with Crippen LogP contribution in [0.5, 0.6) is 0 Å². The quantitative estimate of drug-likeness (QED) is 0.906. The summed E-state index contributed by atoms with van der Waals surface area (Å²) in [5.41, 5.74) is 1.25. The van der Waals surface area contributed by atoms with E-state index in [1.54, 1.807) is 0 Å². The summed E-state index contributed by atoms with van der Waals surface area (Å²) < 4.78 is 0. The van der Waals surface area contributed by atoms with Gasteiger partial charge in [-0.2, -0.15) is 0 Å². The van der Waals surface area contributed by atoms with E-state index < -0.39 is 0 Å². The van der Waals surface area contributed by atoms with E-state index in [4.69, 9.17) is 0 Å². The molecule has 3 aliphatic rings. The smallest absolute Gasteiger partial charge is 0.236 e. The number of carbonyl (C=O) groups excluding carboxylic acids is 2. The van der Waals surface area contributed by atoms with Gasteiger partial charge in [-0.05, 0) is 37.7 Å². The summed E-state index contributed by atoms with van der Waals surface area (Å²) in [4.78, 5) is 29.4. The van der Waals surface area contributed by atoms with Crippen LogP contribution < -0.4 is 5.32 Å². The van der Waals surface area contributed by atoms with Crippen molar-refractivity contribution in [2.75, 3.05) is 19.6 Å². The Bertz CT molecular complexity index is 642. The van der Waals surface area contributed by atoms with Gasteiger partial charge in [0, 0.05) is 37.6 Å². The number of carbonyl (C=O) groups is 2. The third-order valence-corrected chi connectivity index (χ3v) is 6.23. The minimum atomic E-state index is 0.152. The zero-order valence-electron chi connectivity index (χ0n) is 15.4. The first-order valence-corrected chi connectivity index (χ1v) is 10.1. The van der Waals surface area contributed by atoms with Gasteiger partial charge in [-0.15, -0.1) is 0 Å². The molecule has 1 N–H and O–H groups in total. The van der Waals surface area contributed by atoms with Crippen LogP contribution in [0.15, 0.2) is 30.3 Å². The fourth-order valence-electron chi connectivity index (χ4n) is 4.89. The van der Waals surface area contributed by atoms with E-state index in [-0.39, 0.29) is 29.9 Å². The molecule has 3 aliphatic heterocycles. The molecule has 0 saturated carbocycles. The summed E-state index contributed by atoms with van der Waals surface area (Å²) in [5.74, 6) is 0.414. The Hall–Kier alpha value is -1.88. The number of amides is 2. The van der Waals surface area contributed by atoms with Crippen LogP contribution in [-0.4, -0.2) is 53.3 Å². The SMILES string of the molecule is O=C1CCCC[C@H]2[C@@H](C[C@@H](c3ccccc3)N2CC(=O)N2CCCC2)N1. The lowest BCUT2D eigenvalue weighted by Crippen LogP contribution is -2.48. The van der Waals surface area contributed by atoms with Crippen LogP contribution in [-0.2, 0) is 9.59 Å². The third kappa shape index (κ3) is 3.63. The van der Waals surface area contributed by atoms with Gasteiger partial charge >= 0.3 is 0 Å². The van der Waals surface area contributed by atoms with Gasteiger partial charge in [-0.1, -0.05) is 36.8 Å². The summed E-state index contributed by atoms with van der Waals surface area (Å²) in [5, 5.41) is 3.25. The molecule has 1 aromatic carbocycles. The number of likely N-dealkylation sites (tertiary alicyclic amines) is 2. The van der Waals surface area contributed by atoms with Crippen LogP contribution in [0.2, 0.25) is 0 Å². The second kappa shape index (κ2) is 7.78. The first kappa shape index (κ1) is 17.5. The number of nitrogens with zero attached hydrogens (tertiary/aromatic N) is 2. The van der Waals surface area contributed by atoms with E-state index in [9.17, 15) is 9.59 Å². The van der Waals surface area contributed by atoms with Crippen molar-refractivity contribution in [1.82, 2.24) is 15.1 Å². The molecular weight excluding hydrogens is 326 g/mol. The zero-order chi connectivity index (χ0) is 17.9. The minimum absolute atomic E-state index is 0.152. The average Bonchev–Trinajstić information content (AvgIpc) is 3.27. The van der Waals surface area contributed by atoms with E-state index in [1.807, 2.05) is 11.0 Å². The van der Waals surface area contributed by atoms with Gasteiger partial charge < -0.3 is 10.2 Å². The van der Waals surface area contributed by atoms with Gasteiger partial charge in [0.2, 0.25) is 11.8 Å². The van der Waals surface area contributed by atoms with E-state index in [0.717, 1.165) is 51.6 Å². The van der Waals surface area contributed by atoms with Crippen molar-refractivity contribution < 1.29 is 9.59 Å². The van der Waals surface area contributed by atoms with Gasteiger partial charge in [0.05, 0.1) is 6.54 Å². The van der Waals surface area contributed by atoms with Gasteiger partial charge in [-0.25, -0.2) is 0 Å². The predicted molar refractivity (Wildman–Crippen MR) is 101 cm³/mol. The van der Waals surface area contributed by atoms with Gasteiger partial charge in [0.1, 0.15) is 0 Å². The summed E-state index contributed by atoms with van der Waals surface area (Å²) in [6.45, 7) is 2.26. The molecule has 3 atom stereocenters. The number of benzene rings is 1. The predicted octanol–water partition coefficient (Wildman–Crippen LogP) is 2.48. The molecule has 1 aromatic rings. The monoisotopic (exact) mass is 355 g/mol. The minimum Gasteiger partial charge on any atom is -0.352 e. The van der Waals surface area contributed by atoms with E-state index >= 15 is 0 Å². The van der Waals surface area contributed by atoms with Crippen molar-refractivity contribution >= 4 is 11.8 Å². The van der Waals surface area contributed by atoms with E-state index in [1.165, 1.54) is 5.56 Å². The maximum absolute atomic E-state index is 12.9. The van der Waals surface area contributed by atoms with Crippen molar-refractivity contribution in [3.63, 3.8) is 0 Å². The van der Waals surface area contributed by atoms with Crippen molar-refractivity contribution in [2.45, 2.75) is 63.1 Å². The van der Waals surface area contributed by atoms with E-state index in [0.29, 0.717) is 13.0 Å². The topological polar surface area (TPSA) is 52.7 Å². The molecule has 0 spiro atoms. The highest BCUT2D eigenvalue weighted by atomic mass is 16.2. The molecule has 0 radical (unpaired) electrons. The molecule has 0 aromatic heterocycles. The number of nitrogens with one attached hydrogen (secondary N) is 1. The molecule has 0 bridgehead atoms. The maximum atomic E-state index is 12.9. The van der Waals surface area contributed by atoms with Crippen molar-refractivity contribution in [3.05, 3.63) is 35.9 Å². The Balaban J connectivity index is 1.58. The highest BCUT2D eigenvalue weighted by molar-refractivity contribution is 5.79. The molecule has 0 aliphatic carbocycles. The molecule has 0 unspecified atom stereocenters. The van der Waals surface area contributed by atoms with Crippen LogP contribution in [0.25, 0.3) is 0 Å². The normalized spacial score (nSPS) is 29.8. The molecule has 26 heavy (non-hydrogen) atoms. The number of hydrogen-bond donors (Lipinski definition) is 1. The van der Waals surface area contributed by atoms with Crippen molar-refractivity contribution in [2.24, 2.45) is 0 Å². The second-order valence-electron chi connectivity index (χ2n) is 7.91. The first-order valence-electron chi connectivity index (χ1n) is 10.1. The number of fused-ring (bicyclic) bond motifs is 1. The fraction of sp³-hybridized carbons (Fsp3) is 0.619. The maximum Gasteiger partial charge on any atom is 0.236 e. The summed E-state index contributed by atoms with van der Waals surface area (Å²) in [6.07, 6.45) is 6.83. The first-order chi connectivity index (χ1) is 12.7. The van der Waals surface area contributed by atoms with Gasteiger partial charge in [0.15, 0.2) is 0 Å². The molecule has 3 heterocycles. The lowest BCUT2D eigenvalue weighted by molar-refractivity contribution is -0.132. The standard InChI is InChI=1S/C21H29N3O2/c25-20-11-5-4-10-18-17(22-20)14-19(16-8-2-1-3-9-16)24(18)15-21(26)23-12-6-7-13-23/h1-3,8-9,17-19H,4-7,10-15H2,(H,22,25)/t17-,18+,19+/m1/s1. The number of rotatable bonds is 3. The van der Waals surface area contributed by atoms with Crippen LogP contribution in [0, 0.1) is 0 Å². The Morgan fingerprint density at radius 2 is 1.85 bits per heavy atom. The Labute approximate surface area is 155 Å². The van der Waals surface area contributed by atoms with Crippen molar-refractivity contribution in [1.29, 1.82) is 0 Å². The average molecular weight is 355 g/mol. The van der Waals surface area contributed by atoms with Crippen LogP contribution in [0.4, 0.5) is 0 Å². The molecule has 3 saturated heterocycles. The van der Waals surface area contributed by atoms with Crippen LogP contribution in [0.3, 0.4) is 0 Å². The summed E-state index contributed by atoms with van der Waals surface area (Å²) >= 11 is 0. The Morgan fingerprint density at radius 1 is 1.08 bits per heavy atom. The fourth-order valence-corrected chi connectivity index (χ4v) is 4.89. The summed E-state index contributed by atoms with van der Waals surface area (Å²) in [6, 6.07) is 11.1. The van der Waals surface area contributed by atoms with Gasteiger partial charge in [-0.3, -0.25) is 14.5 Å². The molecule has 3 fully saturated rings. The molecule has 140 valence electrons. The van der Waals surface area contributed by atoms with Crippen molar-refractivity contribution in [3.8, 4) is 0 Å². The Morgan fingerprint density at radius 3 is 2.62 bits per heavy atom. The Kier molecular flexibility index (Phi) is 5.25. The molecule has 5 heteroatoms. The zero-order valence-corrected chi connectivity index (χ0v) is 15.4. The third-order valence-electron chi connectivity index (χ3n) is 6.23. The number of hydrogen-bond acceptors (Lipinski definition) is 3. The molecule has 5 nitrogen and oxygen atoms in total. The van der Waals surface area contributed by atoms with E-state index in [2.05, 4.69) is 34.5 Å². The molecule has 4 rings (SSSR count). The largest absolute Gasteiger partial charge is 0.352 e.